The summed E-state index contributed by atoms with van der Waals surface area (Å²) in [7, 11) is -3.74. The van der Waals surface area contributed by atoms with E-state index in [2.05, 4.69) is 26.1 Å². The zero-order valence-corrected chi connectivity index (χ0v) is 20.6. The third-order valence-electron chi connectivity index (χ3n) is 5.89. The van der Waals surface area contributed by atoms with E-state index in [4.69, 9.17) is 5.53 Å². The second-order valence-corrected chi connectivity index (χ2v) is 9.63. The molecule has 151 valence electrons. The van der Waals surface area contributed by atoms with Gasteiger partial charge in [-0.1, -0.05) is 11.2 Å². The number of anilines is 1. The fourth-order valence-corrected chi connectivity index (χ4v) is 5.74. The largest absolute Gasteiger partial charge is 0.332 e. The predicted molar refractivity (Wildman–Crippen MR) is 112 cm³/mol. The fraction of sp³-hybridized carbons (Fsp3) is 0.611. The Bertz CT molecular complexity index is 923. The molecule has 1 radical (unpaired) electrons. The molecule has 0 saturated carbocycles. The Labute approximate surface area is 213 Å². The van der Waals surface area contributed by atoms with Crippen LogP contribution in [-0.2, 0) is 35.7 Å². The SMILES string of the molecule is [K].[N-]=[N+]=NCCN1CC(S(=O)(=O)NC(=O)Nc2c3c(cc4c2CCC4)CCC3)C1. The average Bonchev–Trinajstić information content (AvgIpc) is 3.24. The van der Waals surface area contributed by atoms with Crippen molar-refractivity contribution in [3.05, 3.63) is 38.8 Å². The second-order valence-electron chi connectivity index (χ2n) is 7.67. The van der Waals surface area contributed by atoms with Gasteiger partial charge in [-0.25, -0.2) is 17.9 Å². The molecule has 4 rings (SSSR count). The second kappa shape index (κ2) is 9.65. The maximum Gasteiger partial charge on any atom is 0.332 e. The Morgan fingerprint density at radius 1 is 1.17 bits per heavy atom. The Morgan fingerprint density at radius 2 is 1.79 bits per heavy atom. The average molecular weight is 444 g/mol. The molecule has 0 spiro atoms. The molecule has 29 heavy (non-hydrogen) atoms. The number of nitrogens with one attached hydrogen (secondary N) is 2. The van der Waals surface area contributed by atoms with Crippen LogP contribution in [0.4, 0.5) is 10.5 Å². The summed E-state index contributed by atoms with van der Waals surface area (Å²) in [5.74, 6) is 0. The van der Waals surface area contributed by atoms with Gasteiger partial charge in [-0.15, -0.1) is 0 Å². The number of sulfonamides is 1. The van der Waals surface area contributed by atoms with E-state index >= 15 is 0 Å². The molecule has 1 saturated heterocycles. The molecule has 0 bridgehead atoms. The molecule has 2 aliphatic carbocycles. The molecule has 3 aliphatic rings. The molecule has 2 N–H and O–H groups in total. The number of rotatable bonds is 6. The van der Waals surface area contributed by atoms with Crippen LogP contribution in [0, 0.1) is 0 Å². The van der Waals surface area contributed by atoms with E-state index in [9.17, 15) is 13.2 Å². The molecule has 0 unspecified atom stereocenters. The number of hydrogen-bond acceptors (Lipinski definition) is 5. The van der Waals surface area contributed by atoms with Crippen LogP contribution < -0.4 is 10.0 Å². The van der Waals surface area contributed by atoms with Gasteiger partial charge in [0.2, 0.25) is 10.0 Å². The van der Waals surface area contributed by atoms with Crippen molar-refractivity contribution in [2.75, 3.05) is 31.5 Å². The summed E-state index contributed by atoms with van der Waals surface area (Å²) in [6.07, 6.45) is 6.03. The molecule has 1 aliphatic heterocycles. The minimum absolute atomic E-state index is 0. The van der Waals surface area contributed by atoms with E-state index in [0.29, 0.717) is 26.2 Å². The molecule has 1 aromatic rings. The number of nitrogens with zero attached hydrogens (tertiary/aromatic N) is 4. The first kappa shape index (κ1) is 23.0. The first-order chi connectivity index (χ1) is 13.5. The zero-order valence-electron chi connectivity index (χ0n) is 16.6. The third kappa shape index (κ3) is 4.99. The molecule has 1 heterocycles. The van der Waals surface area contributed by atoms with Gasteiger partial charge in [-0.05, 0) is 66.3 Å². The summed E-state index contributed by atoms with van der Waals surface area (Å²) in [5.41, 5.74) is 14.0. The van der Waals surface area contributed by atoms with Crippen molar-refractivity contribution < 1.29 is 13.2 Å². The molecule has 0 atom stereocenters. The van der Waals surface area contributed by atoms with Crippen LogP contribution in [0.3, 0.4) is 0 Å². The van der Waals surface area contributed by atoms with Crippen molar-refractivity contribution in [2.24, 2.45) is 5.11 Å². The number of aryl methyl sites for hydroxylation is 2. The summed E-state index contributed by atoms with van der Waals surface area (Å²) >= 11 is 0. The van der Waals surface area contributed by atoms with Crippen molar-refractivity contribution in [1.29, 1.82) is 0 Å². The van der Waals surface area contributed by atoms with Crippen LogP contribution >= 0.6 is 0 Å². The van der Waals surface area contributed by atoms with Gasteiger partial charge < -0.3 is 10.2 Å². The smallest absolute Gasteiger partial charge is 0.307 e. The van der Waals surface area contributed by atoms with Gasteiger partial charge in [0.05, 0.1) is 0 Å². The third-order valence-corrected chi connectivity index (χ3v) is 7.53. The maximum absolute atomic E-state index is 12.5. The zero-order chi connectivity index (χ0) is 19.7. The fourth-order valence-electron chi connectivity index (χ4n) is 4.45. The summed E-state index contributed by atoms with van der Waals surface area (Å²) in [5, 5.41) is 5.67. The minimum atomic E-state index is -3.74. The molecule has 1 fully saturated rings. The Hall–Kier alpha value is -0.654. The summed E-state index contributed by atoms with van der Waals surface area (Å²) < 4.78 is 27.1. The van der Waals surface area contributed by atoms with Gasteiger partial charge >= 0.3 is 6.03 Å². The minimum Gasteiger partial charge on any atom is -0.307 e. The van der Waals surface area contributed by atoms with Crippen molar-refractivity contribution in [3.8, 4) is 0 Å². The van der Waals surface area contributed by atoms with Crippen LogP contribution in [0.5, 0.6) is 0 Å². The molecular formula is C18H24KN6O3S. The number of carbonyl (C=O) groups excluding carboxylic acids is 1. The number of carbonyl (C=O) groups is 1. The Kier molecular flexibility index (Phi) is 7.66. The van der Waals surface area contributed by atoms with E-state index in [1.165, 1.54) is 22.3 Å². The number of azide groups is 1. The number of likely N-dealkylation sites (tertiary alicyclic amines) is 1. The monoisotopic (exact) mass is 443 g/mol. The van der Waals surface area contributed by atoms with Crippen molar-refractivity contribution >= 4 is 73.1 Å². The van der Waals surface area contributed by atoms with Gasteiger partial charge in [0.15, 0.2) is 0 Å². The van der Waals surface area contributed by atoms with E-state index in [1.54, 1.807) is 0 Å². The van der Waals surface area contributed by atoms with Crippen molar-refractivity contribution in [1.82, 2.24) is 9.62 Å². The number of hydrogen-bond donors (Lipinski definition) is 2. The normalized spacial score (nSPS) is 18.1. The van der Waals surface area contributed by atoms with Crippen LogP contribution in [0.2, 0.25) is 0 Å². The quantitative estimate of drug-likeness (QED) is 0.300. The Balaban J connectivity index is 0.00000240. The van der Waals surface area contributed by atoms with Crippen LogP contribution in [-0.4, -0.2) is 102 Å². The van der Waals surface area contributed by atoms with Gasteiger partial charge in [-0.3, -0.25) is 0 Å². The predicted octanol–water partition coefficient (Wildman–Crippen LogP) is 1.73. The van der Waals surface area contributed by atoms with Gasteiger partial charge in [0.1, 0.15) is 5.25 Å². The number of fused-ring (bicyclic) bond motifs is 2. The van der Waals surface area contributed by atoms with Gasteiger partial charge in [0.25, 0.3) is 0 Å². The molecule has 2 amide bonds. The summed E-state index contributed by atoms with van der Waals surface area (Å²) in [6, 6.07) is 1.59. The molecule has 11 heteroatoms. The molecule has 1 aromatic carbocycles. The van der Waals surface area contributed by atoms with Crippen LogP contribution in [0.1, 0.15) is 35.1 Å². The van der Waals surface area contributed by atoms with Crippen molar-refractivity contribution in [2.45, 2.75) is 43.8 Å². The van der Waals surface area contributed by atoms with E-state index in [-0.39, 0.29) is 51.4 Å². The molecule has 9 nitrogen and oxygen atoms in total. The Morgan fingerprint density at radius 3 is 2.38 bits per heavy atom. The number of amides is 2. The van der Waals surface area contributed by atoms with Crippen molar-refractivity contribution in [3.63, 3.8) is 0 Å². The molecular weight excluding hydrogens is 419 g/mol. The van der Waals surface area contributed by atoms with Gasteiger partial charge in [0, 0.05) is 88.2 Å². The number of benzene rings is 1. The summed E-state index contributed by atoms with van der Waals surface area (Å²) in [4.78, 5) is 17.1. The van der Waals surface area contributed by atoms with E-state index < -0.39 is 21.3 Å². The number of urea groups is 1. The van der Waals surface area contributed by atoms with E-state index in [1.807, 2.05) is 4.90 Å². The first-order valence-corrected chi connectivity index (χ1v) is 11.2. The maximum atomic E-state index is 12.5. The summed E-state index contributed by atoms with van der Waals surface area (Å²) in [6.45, 7) is 1.49. The standard InChI is InChI=1S/C18H24N6O3S.K/c19-23-20-7-8-24-10-14(11-24)28(26,27)22-18(25)21-17-15-5-1-3-12(15)9-13-4-2-6-16(13)17;/h9,14H,1-8,10-11H2,(H2,21,22,25);. The van der Waals surface area contributed by atoms with Gasteiger partial charge in [-0.2, -0.15) is 0 Å². The van der Waals surface area contributed by atoms with Crippen LogP contribution in [0.15, 0.2) is 11.2 Å². The topological polar surface area (TPSA) is 127 Å². The van der Waals surface area contributed by atoms with E-state index in [0.717, 1.165) is 44.2 Å². The van der Waals surface area contributed by atoms with Crippen LogP contribution in [0.25, 0.3) is 10.4 Å². The molecule has 0 aromatic heterocycles. The first-order valence-electron chi connectivity index (χ1n) is 9.70.